The molecule has 1 fully saturated rings. The van der Waals surface area contributed by atoms with Crippen molar-refractivity contribution < 1.29 is 4.79 Å². The number of nitrogens with one attached hydrogen (secondary N) is 1. The SMILES string of the molecule is CC(C)c1c(C(=O)NCC2CCCCC2)cnn1-c1ccccn1. The molecule has 24 heavy (non-hydrogen) atoms. The number of amides is 1. The summed E-state index contributed by atoms with van der Waals surface area (Å²) >= 11 is 0. The van der Waals surface area contributed by atoms with Crippen molar-refractivity contribution in [2.45, 2.75) is 51.9 Å². The second-order valence-electron chi connectivity index (χ2n) is 6.91. The van der Waals surface area contributed by atoms with E-state index in [2.05, 4.69) is 29.2 Å². The minimum Gasteiger partial charge on any atom is -0.352 e. The molecule has 1 aliphatic rings. The zero-order valence-corrected chi connectivity index (χ0v) is 14.5. The van der Waals surface area contributed by atoms with Crippen LogP contribution in [0.5, 0.6) is 0 Å². The first-order valence-electron chi connectivity index (χ1n) is 8.94. The lowest BCUT2D eigenvalue weighted by Crippen LogP contribution is -2.30. The first-order valence-corrected chi connectivity index (χ1v) is 8.94. The minimum atomic E-state index is -0.0218. The smallest absolute Gasteiger partial charge is 0.254 e. The number of pyridine rings is 1. The Balaban J connectivity index is 1.77. The molecule has 1 aliphatic carbocycles. The molecule has 128 valence electrons. The first kappa shape index (κ1) is 16.7. The quantitative estimate of drug-likeness (QED) is 0.911. The molecular weight excluding hydrogens is 300 g/mol. The summed E-state index contributed by atoms with van der Waals surface area (Å²) in [7, 11) is 0. The van der Waals surface area contributed by atoms with Gasteiger partial charge in [-0.25, -0.2) is 9.67 Å². The van der Waals surface area contributed by atoms with Gasteiger partial charge >= 0.3 is 0 Å². The molecule has 3 rings (SSSR count). The highest BCUT2D eigenvalue weighted by Gasteiger charge is 2.22. The summed E-state index contributed by atoms with van der Waals surface area (Å²) < 4.78 is 1.78. The van der Waals surface area contributed by atoms with Gasteiger partial charge in [-0.05, 0) is 36.8 Å². The zero-order valence-electron chi connectivity index (χ0n) is 14.5. The van der Waals surface area contributed by atoms with Gasteiger partial charge in [-0.1, -0.05) is 39.2 Å². The molecule has 5 nitrogen and oxygen atoms in total. The van der Waals surface area contributed by atoms with Gasteiger partial charge in [0.25, 0.3) is 5.91 Å². The van der Waals surface area contributed by atoms with E-state index in [4.69, 9.17) is 0 Å². The topological polar surface area (TPSA) is 59.8 Å². The average molecular weight is 326 g/mol. The summed E-state index contributed by atoms with van der Waals surface area (Å²) in [6, 6.07) is 5.71. The van der Waals surface area contributed by atoms with Crippen molar-refractivity contribution in [3.8, 4) is 5.82 Å². The van der Waals surface area contributed by atoms with Crippen LogP contribution < -0.4 is 5.32 Å². The molecule has 0 aliphatic heterocycles. The minimum absolute atomic E-state index is 0.0218. The van der Waals surface area contributed by atoms with Crippen LogP contribution in [0.3, 0.4) is 0 Å². The Morgan fingerprint density at radius 3 is 2.75 bits per heavy atom. The third kappa shape index (κ3) is 3.66. The first-order chi connectivity index (χ1) is 11.7. The van der Waals surface area contributed by atoms with Crippen LogP contribution in [-0.4, -0.2) is 27.2 Å². The molecule has 2 heterocycles. The predicted octanol–water partition coefficient (Wildman–Crippen LogP) is 3.70. The summed E-state index contributed by atoms with van der Waals surface area (Å²) in [5.74, 6) is 1.53. The largest absolute Gasteiger partial charge is 0.352 e. The second kappa shape index (κ2) is 7.60. The number of carbonyl (C=O) groups is 1. The van der Waals surface area contributed by atoms with Crippen LogP contribution in [0.4, 0.5) is 0 Å². The van der Waals surface area contributed by atoms with Gasteiger partial charge in [-0.2, -0.15) is 5.10 Å². The van der Waals surface area contributed by atoms with Gasteiger partial charge < -0.3 is 5.32 Å². The van der Waals surface area contributed by atoms with Crippen molar-refractivity contribution in [2.24, 2.45) is 5.92 Å². The van der Waals surface area contributed by atoms with Crippen LogP contribution in [0, 0.1) is 5.92 Å². The Labute approximate surface area is 143 Å². The molecule has 2 aromatic heterocycles. The lowest BCUT2D eigenvalue weighted by atomic mass is 9.89. The van der Waals surface area contributed by atoms with Crippen molar-refractivity contribution in [3.05, 3.63) is 41.9 Å². The Hall–Kier alpha value is -2.17. The van der Waals surface area contributed by atoms with E-state index in [-0.39, 0.29) is 11.8 Å². The Kier molecular flexibility index (Phi) is 5.28. The van der Waals surface area contributed by atoms with Gasteiger partial charge in [0.05, 0.1) is 17.5 Å². The maximum absolute atomic E-state index is 12.7. The fraction of sp³-hybridized carbons (Fsp3) is 0.526. The van der Waals surface area contributed by atoms with Crippen LogP contribution in [0.25, 0.3) is 5.82 Å². The maximum Gasteiger partial charge on any atom is 0.254 e. The van der Waals surface area contributed by atoms with Crippen LogP contribution in [0.15, 0.2) is 30.6 Å². The fourth-order valence-corrected chi connectivity index (χ4v) is 3.47. The highest BCUT2D eigenvalue weighted by Crippen LogP contribution is 2.24. The molecule has 0 radical (unpaired) electrons. The standard InChI is InChI=1S/C19H26N4O/c1-14(2)18-16(13-22-23(18)17-10-6-7-11-20-17)19(24)21-12-15-8-4-3-5-9-15/h6-7,10-11,13-15H,3-5,8-9,12H2,1-2H3,(H,21,24). The maximum atomic E-state index is 12.7. The lowest BCUT2D eigenvalue weighted by molar-refractivity contribution is 0.0942. The van der Waals surface area contributed by atoms with E-state index in [1.165, 1.54) is 32.1 Å². The number of rotatable bonds is 5. The number of hydrogen-bond acceptors (Lipinski definition) is 3. The van der Waals surface area contributed by atoms with Gasteiger partial charge in [0.15, 0.2) is 5.82 Å². The molecule has 0 spiro atoms. The normalized spacial score (nSPS) is 15.6. The number of carbonyl (C=O) groups excluding carboxylic acids is 1. The van der Waals surface area contributed by atoms with Gasteiger partial charge in [0.2, 0.25) is 0 Å². The third-order valence-electron chi connectivity index (χ3n) is 4.74. The molecule has 1 N–H and O–H groups in total. The Bertz CT molecular complexity index is 672. The van der Waals surface area contributed by atoms with E-state index in [1.54, 1.807) is 17.1 Å². The fourth-order valence-electron chi connectivity index (χ4n) is 3.47. The number of aromatic nitrogens is 3. The van der Waals surface area contributed by atoms with Gasteiger partial charge in [0, 0.05) is 12.7 Å². The van der Waals surface area contributed by atoms with Crippen LogP contribution >= 0.6 is 0 Å². The molecular formula is C19H26N4O. The summed E-state index contributed by atoms with van der Waals surface area (Å²) in [6.45, 7) is 4.92. The monoisotopic (exact) mass is 326 g/mol. The highest BCUT2D eigenvalue weighted by molar-refractivity contribution is 5.95. The van der Waals surface area contributed by atoms with Gasteiger partial charge in [-0.3, -0.25) is 4.79 Å². The third-order valence-corrected chi connectivity index (χ3v) is 4.74. The molecule has 0 bridgehead atoms. The lowest BCUT2D eigenvalue weighted by Gasteiger charge is -2.21. The number of hydrogen-bond donors (Lipinski definition) is 1. The summed E-state index contributed by atoms with van der Waals surface area (Å²) in [6.07, 6.45) is 9.77. The van der Waals surface area contributed by atoms with Crippen molar-refractivity contribution in [1.82, 2.24) is 20.1 Å². The molecule has 0 atom stereocenters. The second-order valence-corrected chi connectivity index (χ2v) is 6.91. The summed E-state index contributed by atoms with van der Waals surface area (Å²) in [4.78, 5) is 17.0. The van der Waals surface area contributed by atoms with Crippen LogP contribution in [0.1, 0.15) is 67.9 Å². The van der Waals surface area contributed by atoms with Crippen LogP contribution in [0.2, 0.25) is 0 Å². The molecule has 0 unspecified atom stereocenters. The van der Waals surface area contributed by atoms with E-state index in [0.717, 1.165) is 18.1 Å². The van der Waals surface area contributed by atoms with Gasteiger partial charge in [0.1, 0.15) is 0 Å². The van der Waals surface area contributed by atoms with Crippen molar-refractivity contribution in [3.63, 3.8) is 0 Å². The van der Waals surface area contributed by atoms with E-state index in [0.29, 0.717) is 11.5 Å². The van der Waals surface area contributed by atoms with Crippen molar-refractivity contribution >= 4 is 5.91 Å². The van der Waals surface area contributed by atoms with Crippen molar-refractivity contribution in [2.75, 3.05) is 6.54 Å². The van der Waals surface area contributed by atoms with Crippen molar-refractivity contribution in [1.29, 1.82) is 0 Å². The summed E-state index contributed by atoms with van der Waals surface area (Å²) in [5, 5.41) is 7.53. The molecule has 2 aromatic rings. The Morgan fingerprint density at radius 2 is 2.08 bits per heavy atom. The van der Waals surface area contributed by atoms with Crippen LogP contribution in [-0.2, 0) is 0 Å². The number of nitrogens with zero attached hydrogens (tertiary/aromatic N) is 3. The molecule has 1 saturated carbocycles. The molecule has 5 heteroatoms. The summed E-state index contributed by atoms with van der Waals surface area (Å²) in [5.41, 5.74) is 1.57. The molecule has 0 saturated heterocycles. The van der Waals surface area contributed by atoms with E-state index >= 15 is 0 Å². The average Bonchev–Trinajstić information content (AvgIpc) is 3.07. The molecule has 0 aromatic carbocycles. The molecule has 1 amide bonds. The van der Waals surface area contributed by atoms with E-state index in [9.17, 15) is 4.79 Å². The predicted molar refractivity (Wildman–Crippen MR) is 94.4 cm³/mol. The van der Waals surface area contributed by atoms with E-state index < -0.39 is 0 Å². The highest BCUT2D eigenvalue weighted by atomic mass is 16.1. The van der Waals surface area contributed by atoms with E-state index in [1.807, 2.05) is 18.2 Å². The van der Waals surface area contributed by atoms with Gasteiger partial charge in [-0.15, -0.1) is 0 Å². The Morgan fingerprint density at radius 1 is 1.29 bits per heavy atom. The zero-order chi connectivity index (χ0) is 16.9.